The van der Waals surface area contributed by atoms with Gasteiger partial charge in [-0.1, -0.05) is 36.7 Å². The average Bonchev–Trinajstić information content (AvgIpc) is 2.98. The third-order valence-electron chi connectivity index (χ3n) is 8.69. The number of carbonyl (C=O) groups is 1. The number of amides is 1. The number of nitrogens with one attached hydrogen (secondary N) is 1. The van der Waals surface area contributed by atoms with Crippen molar-refractivity contribution in [3.63, 3.8) is 0 Å². The van der Waals surface area contributed by atoms with Crippen LogP contribution in [0.1, 0.15) is 67.4 Å². The zero-order valence-corrected chi connectivity index (χ0v) is 26.7. The second-order valence-electron chi connectivity index (χ2n) is 11.5. The molecular formula is C33H44ClN3O5S. The number of aliphatic hydroxyl groups excluding tert-OH is 1. The van der Waals surface area contributed by atoms with Gasteiger partial charge in [0.25, 0.3) is 5.91 Å². The Balaban J connectivity index is 1.66. The van der Waals surface area contributed by atoms with Gasteiger partial charge in [-0.15, -0.1) is 13.2 Å². The van der Waals surface area contributed by atoms with Gasteiger partial charge in [0.05, 0.1) is 11.8 Å². The molecule has 2 N–H and O–H groups in total. The number of halogens is 1. The molecular weight excluding hydrogens is 586 g/mol. The molecule has 234 valence electrons. The van der Waals surface area contributed by atoms with Crippen molar-refractivity contribution in [1.29, 1.82) is 0 Å². The fourth-order valence-electron chi connectivity index (χ4n) is 6.12. The number of hydrogen-bond donors (Lipinski definition) is 2. The Morgan fingerprint density at radius 1 is 1.21 bits per heavy atom. The van der Waals surface area contributed by atoms with Gasteiger partial charge >= 0.3 is 10.2 Å². The van der Waals surface area contributed by atoms with Gasteiger partial charge in [0.15, 0.2) is 0 Å². The molecule has 10 heteroatoms. The van der Waals surface area contributed by atoms with Crippen LogP contribution in [0.15, 0.2) is 61.7 Å². The molecule has 0 radical (unpaired) electrons. The zero-order chi connectivity index (χ0) is 31.1. The standard InChI is InChI=1S/C33H44ClN3O5S/c1-5-10-23(4)37(7-3)43(40,41)35-33(39)25-14-17-32-30(20-25)36(21-26-13-16-29(26)31(38)6-2)18-9-8-11-24-19-28(34)15-12-27(24)22-42-32/h5-6,12,14-15,17,19-20,23,26,29,31,38H,1-2,7-11,13,16,18,21-22H2,3-4H3,(H,35,39)/t23-,26-,29+,31?/m0/s1. The first-order valence-electron chi connectivity index (χ1n) is 15.1. The molecule has 1 heterocycles. The molecule has 1 amide bonds. The molecule has 1 aliphatic carbocycles. The maximum Gasteiger partial charge on any atom is 0.304 e. The highest BCUT2D eigenvalue weighted by Crippen LogP contribution is 2.40. The van der Waals surface area contributed by atoms with E-state index in [1.807, 2.05) is 18.2 Å². The molecule has 4 atom stereocenters. The number of rotatable bonds is 11. The van der Waals surface area contributed by atoms with Crippen molar-refractivity contribution >= 4 is 33.4 Å². The minimum atomic E-state index is -4.08. The summed E-state index contributed by atoms with van der Waals surface area (Å²) in [6.45, 7) is 12.9. The molecule has 1 saturated carbocycles. The lowest BCUT2D eigenvalue weighted by Gasteiger charge is -2.42. The molecule has 0 saturated heterocycles. The van der Waals surface area contributed by atoms with Crippen LogP contribution in [0.25, 0.3) is 0 Å². The Hall–Kier alpha value is -2.85. The van der Waals surface area contributed by atoms with Crippen molar-refractivity contribution in [1.82, 2.24) is 9.03 Å². The van der Waals surface area contributed by atoms with E-state index in [1.54, 1.807) is 44.2 Å². The van der Waals surface area contributed by atoms with E-state index in [0.717, 1.165) is 48.9 Å². The highest BCUT2D eigenvalue weighted by molar-refractivity contribution is 7.87. The number of hydrogen-bond acceptors (Lipinski definition) is 6. The highest BCUT2D eigenvalue weighted by atomic mass is 35.5. The Kier molecular flexibility index (Phi) is 11.3. The van der Waals surface area contributed by atoms with E-state index in [-0.39, 0.29) is 30.0 Å². The molecule has 2 aromatic rings. The molecule has 1 unspecified atom stereocenters. The van der Waals surface area contributed by atoms with Crippen molar-refractivity contribution in [2.24, 2.45) is 11.8 Å². The third kappa shape index (κ3) is 8.01. The van der Waals surface area contributed by atoms with Gasteiger partial charge in [-0.2, -0.15) is 12.7 Å². The molecule has 4 rings (SSSR count). The van der Waals surface area contributed by atoms with Gasteiger partial charge in [-0.3, -0.25) is 4.79 Å². The summed E-state index contributed by atoms with van der Waals surface area (Å²) in [7, 11) is -4.08. The summed E-state index contributed by atoms with van der Waals surface area (Å²) in [6, 6.07) is 10.6. The van der Waals surface area contributed by atoms with E-state index in [4.69, 9.17) is 16.3 Å². The van der Waals surface area contributed by atoms with Crippen LogP contribution >= 0.6 is 11.6 Å². The number of fused-ring (bicyclic) bond motifs is 2. The number of anilines is 1. The molecule has 1 fully saturated rings. The predicted molar refractivity (Wildman–Crippen MR) is 173 cm³/mol. The number of carbonyl (C=O) groups excluding carboxylic acids is 1. The topological polar surface area (TPSA) is 99.2 Å². The molecule has 0 bridgehead atoms. The first-order chi connectivity index (χ1) is 20.6. The van der Waals surface area contributed by atoms with Gasteiger partial charge in [-0.25, -0.2) is 4.72 Å². The zero-order valence-electron chi connectivity index (χ0n) is 25.2. The van der Waals surface area contributed by atoms with Gasteiger partial charge in [0.1, 0.15) is 12.4 Å². The second kappa shape index (κ2) is 14.8. The Morgan fingerprint density at radius 3 is 2.67 bits per heavy atom. The van der Waals surface area contributed by atoms with Crippen LogP contribution in [0.4, 0.5) is 5.69 Å². The molecule has 8 nitrogen and oxygen atoms in total. The minimum absolute atomic E-state index is 0.126. The first-order valence-corrected chi connectivity index (χ1v) is 16.9. The van der Waals surface area contributed by atoms with Crippen LogP contribution in [-0.4, -0.2) is 55.5 Å². The summed E-state index contributed by atoms with van der Waals surface area (Å²) < 4.78 is 36.3. The van der Waals surface area contributed by atoms with Crippen LogP contribution in [0, 0.1) is 11.8 Å². The third-order valence-corrected chi connectivity index (χ3v) is 10.6. The lowest BCUT2D eigenvalue weighted by molar-refractivity contribution is 0.0465. The number of benzene rings is 2. The SMILES string of the molecule is C=CC[C@H](C)N(CC)S(=O)(=O)NC(=O)c1ccc2c(c1)N(C[C@@H]1CC[C@H]1C(O)C=C)CCCCc1cc(Cl)ccc1CO2. The largest absolute Gasteiger partial charge is 0.487 e. The van der Waals surface area contributed by atoms with Gasteiger partial charge in [0, 0.05) is 36.3 Å². The normalized spacial score (nSPS) is 20.3. The fourth-order valence-corrected chi connectivity index (χ4v) is 7.68. The smallest absolute Gasteiger partial charge is 0.304 e. The average molecular weight is 630 g/mol. The summed E-state index contributed by atoms with van der Waals surface area (Å²) >= 11 is 6.30. The molecule has 0 spiro atoms. The summed E-state index contributed by atoms with van der Waals surface area (Å²) in [4.78, 5) is 15.6. The fraction of sp³-hybridized carbons (Fsp3) is 0.485. The summed E-state index contributed by atoms with van der Waals surface area (Å²) in [5.41, 5.74) is 3.16. The van der Waals surface area contributed by atoms with Crippen LogP contribution in [0.3, 0.4) is 0 Å². The van der Waals surface area contributed by atoms with Crippen LogP contribution in [-0.2, 0) is 23.2 Å². The minimum Gasteiger partial charge on any atom is -0.487 e. The van der Waals surface area contributed by atoms with E-state index in [0.29, 0.717) is 36.9 Å². The summed E-state index contributed by atoms with van der Waals surface area (Å²) in [5.74, 6) is 0.284. The Bertz CT molecular complexity index is 1420. The predicted octanol–water partition coefficient (Wildman–Crippen LogP) is 5.90. The highest BCUT2D eigenvalue weighted by Gasteiger charge is 2.36. The van der Waals surface area contributed by atoms with E-state index >= 15 is 0 Å². The monoisotopic (exact) mass is 629 g/mol. The van der Waals surface area contributed by atoms with E-state index in [1.165, 1.54) is 4.31 Å². The molecule has 0 aromatic heterocycles. The number of aryl methyl sites for hydroxylation is 1. The van der Waals surface area contributed by atoms with Crippen LogP contribution in [0.5, 0.6) is 5.75 Å². The number of ether oxygens (including phenoxy) is 1. The van der Waals surface area contributed by atoms with Crippen LogP contribution in [0.2, 0.25) is 5.02 Å². The maximum atomic E-state index is 13.4. The first kappa shape index (κ1) is 33.1. The van der Waals surface area contributed by atoms with Gasteiger partial charge < -0.3 is 14.7 Å². The lowest BCUT2D eigenvalue weighted by atomic mass is 9.70. The molecule has 2 aliphatic rings. The second-order valence-corrected chi connectivity index (χ2v) is 13.6. The summed E-state index contributed by atoms with van der Waals surface area (Å²) in [6.07, 6.45) is 7.78. The van der Waals surface area contributed by atoms with Crippen LogP contribution < -0.4 is 14.4 Å². The number of nitrogens with zero attached hydrogens (tertiary/aromatic N) is 2. The van der Waals surface area contributed by atoms with Crippen molar-refractivity contribution in [3.05, 3.63) is 83.4 Å². The van der Waals surface area contributed by atoms with Crippen molar-refractivity contribution in [2.45, 2.75) is 71.1 Å². The Morgan fingerprint density at radius 2 is 2.00 bits per heavy atom. The van der Waals surface area contributed by atoms with E-state index in [2.05, 4.69) is 22.8 Å². The summed E-state index contributed by atoms with van der Waals surface area (Å²) in [5, 5.41) is 11.2. The molecule has 43 heavy (non-hydrogen) atoms. The maximum absolute atomic E-state index is 13.4. The number of aliphatic hydroxyl groups is 1. The Labute approximate surface area is 261 Å². The van der Waals surface area contributed by atoms with E-state index in [9.17, 15) is 18.3 Å². The lowest BCUT2D eigenvalue weighted by Crippen LogP contribution is -2.47. The van der Waals surface area contributed by atoms with Crippen molar-refractivity contribution < 1.29 is 23.1 Å². The molecule has 1 aliphatic heterocycles. The van der Waals surface area contributed by atoms with Crippen molar-refractivity contribution in [3.8, 4) is 5.75 Å². The van der Waals surface area contributed by atoms with Gasteiger partial charge in [0.2, 0.25) is 0 Å². The molecule has 2 aromatic carbocycles. The quantitative estimate of drug-likeness (QED) is 0.301. The van der Waals surface area contributed by atoms with Crippen molar-refractivity contribution in [2.75, 3.05) is 24.5 Å². The van der Waals surface area contributed by atoms with E-state index < -0.39 is 22.2 Å². The van der Waals surface area contributed by atoms with Gasteiger partial charge in [-0.05, 0) is 98.7 Å².